The number of hydrogen-bond acceptors (Lipinski definition) is 6. The van der Waals surface area contributed by atoms with E-state index in [0.717, 1.165) is 9.65 Å². The van der Waals surface area contributed by atoms with E-state index in [1.807, 2.05) is 16.7 Å². The fourth-order valence-corrected chi connectivity index (χ4v) is 4.77. The lowest BCUT2D eigenvalue weighted by Crippen LogP contribution is -2.46. The number of aryl methyl sites for hydroxylation is 1. The average Bonchev–Trinajstić information content (AvgIpc) is 3.08. The minimum absolute atomic E-state index is 0.0992. The fraction of sp³-hybridized carbons (Fsp3) is 0.300. The largest absolute Gasteiger partial charge is 0.352 e. The number of nitrogens with zero attached hydrogens (tertiary/aromatic N) is 5. The number of benzene rings is 2. The summed E-state index contributed by atoms with van der Waals surface area (Å²) in [5, 5.41) is 13.8. The van der Waals surface area contributed by atoms with Crippen molar-refractivity contribution in [2.75, 3.05) is 37.6 Å². The number of anilines is 1. The summed E-state index contributed by atoms with van der Waals surface area (Å²) < 4.78 is 41.3. The van der Waals surface area contributed by atoms with E-state index in [1.54, 1.807) is 18.2 Å². The Kier molecular flexibility index (Phi) is 4.98. The first-order valence-electron chi connectivity index (χ1n) is 9.25. The summed E-state index contributed by atoms with van der Waals surface area (Å²) in [6, 6.07) is 12.7. The molecule has 0 amide bonds. The maximum atomic E-state index is 14.0. The lowest BCUT2D eigenvalue weighted by atomic mass is 10.2. The maximum Gasteiger partial charge on any atom is 0.283 e. The number of halogens is 1. The predicted molar refractivity (Wildman–Crippen MR) is 108 cm³/mol. The van der Waals surface area contributed by atoms with Gasteiger partial charge in [-0.1, -0.05) is 17.7 Å². The number of piperazine rings is 1. The molecule has 0 radical (unpaired) electrons. The van der Waals surface area contributed by atoms with Crippen LogP contribution in [0.3, 0.4) is 0 Å². The molecule has 2 aromatic carbocycles. The zero-order chi connectivity index (χ0) is 20.6. The van der Waals surface area contributed by atoms with Crippen LogP contribution in [0.5, 0.6) is 0 Å². The van der Waals surface area contributed by atoms with Crippen LogP contribution in [0.15, 0.2) is 47.4 Å². The van der Waals surface area contributed by atoms with Gasteiger partial charge in [0.05, 0.1) is 23.0 Å². The molecule has 1 aliphatic heterocycles. The van der Waals surface area contributed by atoms with Gasteiger partial charge >= 0.3 is 0 Å². The minimum atomic E-state index is -3.98. The van der Waals surface area contributed by atoms with Crippen LogP contribution in [0.1, 0.15) is 5.56 Å². The molecule has 3 aromatic rings. The lowest BCUT2D eigenvalue weighted by Gasteiger charge is -2.33. The second kappa shape index (κ2) is 7.46. The first-order valence-corrected chi connectivity index (χ1v) is 10.7. The van der Waals surface area contributed by atoms with E-state index < -0.39 is 15.8 Å². The molecular formula is C20H20FN5O2S. The summed E-state index contributed by atoms with van der Waals surface area (Å²) in [5.74, 6) is -0.0181. The van der Waals surface area contributed by atoms with E-state index in [-0.39, 0.29) is 10.4 Å². The molecule has 29 heavy (non-hydrogen) atoms. The SMILES string of the molecule is Cc1ccc(S(=O)(=O)n2nc(N3CCN(CC#N)CC3)c3ccc(F)cc32)cc1. The highest BCUT2D eigenvalue weighted by Crippen LogP contribution is 2.30. The zero-order valence-corrected chi connectivity index (χ0v) is 16.7. The molecular weight excluding hydrogens is 393 g/mol. The van der Waals surface area contributed by atoms with Gasteiger partial charge in [0.2, 0.25) is 0 Å². The molecule has 2 heterocycles. The maximum absolute atomic E-state index is 14.0. The average molecular weight is 413 g/mol. The van der Waals surface area contributed by atoms with E-state index in [9.17, 15) is 12.8 Å². The van der Waals surface area contributed by atoms with Crippen LogP contribution in [0.25, 0.3) is 10.9 Å². The smallest absolute Gasteiger partial charge is 0.283 e. The minimum Gasteiger partial charge on any atom is -0.352 e. The van der Waals surface area contributed by atoms with Crippen LogP contribution < -0.4 is 4.90 Å². The number of fused-ring (bicyclic) bond motifs is 1. The van der Waals surface area contributed by atoms with Crippen molar-refractivity contribution in [1.29, 1.82) is 5.26 Å². The van der Waals surface area contributed by atoms with Crippen molar-refractivity contribution in [2.45, 2.75) is 11.8 Å². The Labute approximate surface area is 168 Å². The van der Waals surface area contributed by atoms with Gasteiger partial charge in [-0.15, -0.1) is 5.10 Å². The molecule has 0 saturated carbocycles. The van der Waals surface area contributed by atoms with Crippen molar-refractivity contribution < 1.29 is 12.8 Å². The van der Waals surface area contributed by atoms with Gasteiger partial charge in [-0.2, -0.15) is 17.8 Å². The first-order chi connectivity index (χ1) is 13.9. The number of rotatable bonds is 4. The summed E-state index contributed by atoms with van der Waals surface area (Å²) in [6.45, 7) is 4.79. The van der Waals surface area contributed by atoms with Crippen molar-refractivity contribution >= 4 is 26.7 Å². The van der Waals surface area contributed by atoms with Gasteiger partial charge in [0.15, 0.2) is 5.82 Å². The van der Waals surface area contributed by atoms with Gasteiger partial charge in [0, 0.05) is 37.6 Å². The van der Waals surface area contributed by atoms with Crippen LogP contribution in [0, 0.1) is 24.1 Å². The second-order valence-corrected chi connectivity index (χ2v) is 8.83. The molecule has 7 nitrogen and oxygen atoms in total. The highest BCUT2D eigenvalue weighted by Gasteiger charge is 2.27. The van der Waals surface area contributed by atoms with Gasteiger partial charge < -0.3 is 4.90 Å². The Bertz CT molecular complexity index is 1190. The summed E-state index contributed by atoms with van der Waals surface area (Å²) in [5.41, 5.74) is 1.15. The first kappa shape index (κ1) is 19.4. The van der Waals surface area contributed by atoms with Crippen LogP contribution in [-0.4, -0.2) is 55.2 Å². The molecule has 1 saturated heterocycles. The van der Waals surface area contributed by atoms with Crippen LogP contribution in [0.4, 0.5) is 10.2 Å². The summed E-state index contributed by atoms with van der Waals surface area (Å²) in [7, 11) is -3.98. The van der Waals surface area contributed by atoms with Crippen LogP contribution in [-0.2, 0) is 10.0 Å². The van der Waals surface area contributed by atoms with Crippen molar-refractivity contribution in [3.63, 3.8) is 0 Å². The molecule has 1 fully saturated rings. The van der Waals surface area contributed by atoms with Gasteiger partial charge in [0.25, 0.3) is 10.0 Å². The van der Waals surface area contributed by atoms with E-state index in [1.165, 1.54) is 24.3 Å². The van der Waals surface area contributed by atoms with Crippen molar-refractivity contribution in [1.82, 2.24) is 14.1 Å². The number of aromatic nitrogens is 2. The monoisotopic (exact) mass is 413 g/mol. The Morgan fingerprint density at radius 2 is 1.79 bits per heavy atom. The molecule has 1 aliphatic rings. The van der Waals surface area contributed by atoms with E-state index in [0.29, 0.717) is 43.9 Å². The third-order valence-electron chi connectivity index (χ3n) is 5.10. The van der Waals surface area contributed by atoms with Gasteiger partial charge in [-0.05, 0) is 31.2 Å². The summed E-state index contributed by atoms with van der Waals surface area (Å²) >= 11 is 0. The lowest BCUT2D eigenvalue weighted by molar-refractivity contribution is 0.286. The molecule has 1 aromatic heterocycles. The van der Waals surface area contributed by atoms with Gasteiger partial charge in [-0.3, -0.25) is 4.90 Å². The Morgan fingerprint density at radius 1 is 1.10 bits per heavy atom. The number of nitriles is 1. The van der Waals surface area contributed by atoms with Crippen molar-refractivity contribution in [3.8, 4) is 6.07 Å². The number of hydrogen-bond donors (Lipinski definition) is 0. The van der Waals surface area contributed by atoms with Gasteiger partial charge in [0.1, 0.15) is 5.82 Å². The van der Waals surface area contributed by atoms with Gasteiger partial charge in [-0.25, -0.2) is 4.39 Å². The molecule has 0 N–H and O–H groups in total. The van der Waals surface area contributed by atoms with E-state index in [2.05, 4.69) is 11.2 Å². The van der Waals surface area contributed by atoms with Crippen molar-refractivity contribution in [3.05, 3.63) is 53.8 Å². The van der Waals surface area contributed by atoms with E-state index in [4.69, 9.17) is 5.26 Å². The third kappa shape index (κ3) is 3.57. The summed E-state index contributed by atoms with van der Waals surface area (Å²) in [4.78, 5) is 4.11. The van der Waals surface area contributed by atoms with Crippen LogP contribution in [0.2, 0.25) is 0 Å². The fourth-order valence-electron chi connectivity index (χ4n) is 3.49. The molecule has 0 unspecified atom stereocenters. The summed E-state index contributed by atoms with van der Waals surface area (Å²) in [6.07, 6.45) is 0. The van der Waals surface area contributed by atoms with Crippen LogP contribution >= 0.6 is 0 Å². The quantitative estimate of drug-likeness (QED) is 0.611. The highest BCUT2D eigenvalue weighted by atomic mass is 32.2. The molecule has 0 bridgehead atoms. The Hall–Kier alpha value is -2.96. The van der Waals surface area contributed by atoms with E-state index >= 15 is 0 Å². The second-order valence-electron chi connectivity index (χ2n) is 7.07. The zero-order valence-electron chi connectivity index (χ0n) is 15.9. The standard InChI is InChI=1S/C20H20FN5O2S/c1-15-2-5-17(6-3-15)29(27,28)26-19-14-16(21)4-7-18(19)20(23-26)25-12-10-24(9-8-22)11-13-25/h2-7,14H,9-13H2,1H3. The molecule has 0 spiro atoms. The molecule has 9 heteroatoms. The molecule has 4 rings (SSSR count). The third-order valence-corrected chi connectivity index (χ3v) is 6.71. The highest BCUT2D eigenvalue weighted by molar-refractivity contribution is 7.90. The Balaban J connectivity index is 1.79. The van der Waals surface area contributed by atoms with Crippen molar-refractivity contribution in [2.24, 2.45) is 0 Å². The molecule has 0 aliphatic carbocycles. The normalized spacial score (nSPS) is 15.6. The predicted octanol–water partition coefficient (Wildman–Crippen LogP) is 2.37. The Morgan fingerprint density at radius 3 is 2.45 bits per heavy atom. The molecule has 150 valence electrons. The topological polar surface area (TPSA) is 82.2 Å². The molecule has 0 atom stereocenters.